The Morgan fingerprint density at radius 1 is 1.15 bits per heavy atom. The molecule has 0 saturated carbocycles. The summed E-state index contributed by atoms with van der Waals surface area (Å²) < 4.78 is 66.8. The van der Waals surface area contributed by atoms with E-state index in [1.807, 2.05) is 26.8 Å². The van der Waals surface area contributed by atoms with Gasteiger partial charge in [0.05, 0.1) is 10.5 Å². The van der Waals surface area contributed by atoms with Crippen LogP contribution in [0.3, 0.4) is 0 Å². The first-order valence-corrected chi connectivity index (χ1v) is 11.0. The van der Waals surface area contributed by atoms with E-state index in [4.69, 9.17) is 0 Å². The Hall–Kier alpha value is -1.52. The zero-order chi connectivity index (χ0) is 19.7. The van der Waals surface area contributed by atoms with Gasteiger partial charge in [-0.25, -0.2) is 4.55 Å². The van der Waals surface area contributed by atoms with Gasteiger partial charge in [-0.3, -0.25) is 4.55 Å². The lowest BCUT2D eigenvalue weighted by Gasteiger charge is -2.37. The summed E-state index contributed by atoms with van der Waals surface area (Å²) in [7, 11) is -9.17. The highest BCUT2D eigenvalue weighted by Gasteiger charge is 2.56. The molecule has 26 heavy (non-hydrogen) atoms. The summed E-state index contributed by atoms with van der Waals surface area (Å²) in [6.07, 6.45) is 2.29. The molecule has 0 radical (unpaired) electrons. The maximum absolute atomic E-state index is 12.5. The lowest BCUT2D eigenvalue weighted by Crippen LogP contribution is -2.52. The molecule has 7 nitrogen and oxygen atoms in total. The minimum Gasteiger partial charge on any atom is -0.282 e. The molecule has 0 fully saturated rings. The predicted octanol–water partition coefficient (Wildman–Crippen LogP) is 3.16. The van der Waals surface area contributed by atoms with Gasteiger partial charge in [0, 0.05) is 18.1 Å². The van der Waals surface area contributed by atoms with Crippen molar-refractivity contribution in [3.63, 3.8) is 0 Å². The van der Waals surface area contributed by atoms with Crippen molar-refractivity contribution >= 4 is 31.7 Å². The van der Waals surface area contributed by atoms with Crippen LogP contribution in [0.15, 0.2) is 40.4 Å². The van der Waals surface area contributed by atoms with Gasteiger partial charge < -0.3 is 0 Å². The van der Waals surface area contributed by atoms with E-state index in [0.29, 0.717) is 23.3 Å². The molecule has 1 heterocycles. The third kappa shape index (κ3) is 2.49. The van der Waals surface area contributed by atoms with Crippen LogP contribution < -0.4 is 3.89 Å². The minimum atomic E-state index is -4.65. The molecule has 1 aromatic carbocycles. The zero-order valence-electron chi connectivity index (χ0n) is 15.0. The van der Waals surface area contributed by atoms with Crippen LogP contribution >= 0.6 is 0 Å². The van der Waals surface area contributed by atoms with E-state index in [2.05, 4.69) is 0 Å². The van der Waals surface area contributed by atoms with Gasteiger partial charge in [0.25, 0.3) is 10.1 Å². The molecule has 2 N–H and O–H groups in total. The Kier molecular flexibility index (Phi) is 4.07. The van der Waals surface area contributed by atoms with Gasteiger partial charge in [-0.2, -0.15) is 8.42 Å². The fourth-order valence-corrected chi connectivity index (χ4v) is 5.50. The van der Waals surface area contributed by atoms with Crippen molar-refractivity contribution in [3.05, 3.63) is 41.1 Å². The van der Waals surface area contributed by atoms with E-state index in [1.165, 1.54) is 12.1 Å². The van der Waals surface area contributed by atoms with Crippen molar-refractivity contribution in [1.29, 1.82) is 0 Å². The average Bonchev–Trinajstić information content (AvgIpc) is 2.75. The van der Waals surface area contributed by atoms with Gasteiger partial charge >= 0.3 is 10.3 Å². The van der Waals surface area contributed by atoms with Crippen LogP contribution in [0.5, 0.6) is 0 Å². The first-order valence-electron chi connectivity index (χ1n) is 8.16. The van der Waals surface area contributed by atoms with Crippen LogP contribution in [0, 0.1) is 5.41 Å². The number of nitrogens with zero attached hydrogens (tertiary/aromatic N) is 1. The number of hydrogen-bond acceptors (Lipinski definition) is 4. The molecule has 1 aliphatic carbocycles. The Balaban J connectivity index is 2.44. The Bertz CT molecular complexity index is 1080. The summed E-state index contributed by atoms with van der Waals surface area (Å²) in [6, 6.07) is 3.86. The number of rotatable bonds is 3. The molecule has 2 aliphatic rings. The lowest BCUT2D eigenvalue weighted by molar-refractivity contribution is 0.356. The number of fused-ring (bicyclic) bond motifs is 2. The molecule has 1 aromatic rings. The highest BCUT2D eigenvalue weighted by atomic mass is 32.2. The first-order chi connectivity index (χ1) is 11.8. The van der Waals surface area contributed by atoms with Gasteiger partial charge in [-0.05, 0) is 37.5 Å². The molecule has 1 unspecified atom stereocenters. The van der Waals surface area contributed by atoms with Crippen LogP contribution in [-0.4, -0.2) is 32.5 Å². The van der Waals surface area contributed by atoms with Crippen LogP contribution in [0.4, 0.5) is 5.69 Å². The summed E-state index contributed by atoms with van der Waals surface area (Å²) in [4.78, 5) is -0.407. The van der Waals surface area contributed by atoms with E-state index in [9.17, 15) is 25.9 Å². The molecule has 0 saturated heterocycles. The van der Waals surface area contributed by atoms with E-state index < -0.39 is 29.2 Å². The molecule has 3 rings (SSSR count). The summed E-state index contributed by atoms with van der Waals surface area (Å²) in [5.41, 5.74) is 2.62. The highest BCUT2D eigenvalue weighted by Crippen LogP contribution is 2.55. The molecule has 0 amide bonds. The quantitative estimate of drug-likeness (QED) is 0.596. The standard InChI is InChI=1S/C17H21NO6S2/c1-5-18(26(22,23)24)15-9-12(25(19,20)21)6-7-13(15)14-8-11(2)17(3,4)10-16(14)18/h6-9H,5,10H2,1-4H3,(H-,19,20,21,22,23,24)/p+1. The number of hydrogen-bond donors (Lipinski definition) is 2. The maximum atomic E-state index is 12.5. The van der Waals surface area contributed by atoms with Gasteiger partial charge in [0.2, 0.25) is 0 Å². The van der Waals surface area contributed by atoms with Crippen molar-refractivity contribution in [2.24, 2.45) is 5.41 Å². The molecule has 1 atom stereocenters. The number of quaternary nitrogens is 1. The molecule has 1 aliphatic heterocycles. The average molecular weight is 400 g/mol. The predicted molar refractivity (Wildman–Crippen MR) is 99.2 cm³/mol. The van der Waals surface area contributed by atoms with Crippen molar-refractivity contribution < 1.29 is 25.9 Å². The second kappa shape index (κ2) is 5.49. The van der Waals surface area contributed by atoms with Crippen molar-refractivity contribution in [1.82, 2.24) is 3.89 Å². The van der Waals surface area contributed by atoms with E-state index >= 15 is 0 Å². The Morgan fingerprint density at radius 2 is 1.77 bits per heavy atom. The Morgan fingerprint density at radius 3 is 2.27 bits per heavy atom. The molecule has 0 spiro atoms. The van der Waals surface area contributed by atoms with Crippen LogP contribution in [0.25, 0.3) is 5.57 Å². The van der Waals surface area contributed by atoms with Crippen molar-refractivity contribution in [2.75, 3.05) is 6.54 Å². The third-order valence-electron chi connectivity index (χ3n) is 5.57. The van der Waals surface area contributed by atoms with Crippen molar-refractivity contribution in [2.45, 2.75) is 39.0 Å². The minimum absolute atomic E-state index is 0.0113. The smallest absolute Gasteiger partial charge is 0.282 e. The third-order valence-corrected chi connectivity index (χ3v) is 7.88. The Labute approximate surface area is 153 Å². The van der Waals surface area contributed by atoms with Gasteiger partial charge in [-0.15, -0.1) is 12.3 Å². The summed E-state index contributed by atoms with van der Waals surface area (Å²) in [5, 5.41) is 0. The lowest BCUT2D eigenvalue weighted by atomic mass is 9.75. The van der Waals surface area contributed by atoms with Gasteiger partial charge in [0.1, 0.15) is 12.2 Å². The fourth-order valence-electron chi connectivity index (χ4n) is 3.84. The molecular formula is C17H22NO6S2+. The molecule has 0 aromatic heterocycles. The number of allylic oxidation sites excluding steroid dienone is 4. The maximum Gasteiger partial charge on any atom is 0.442 e. The summed E-state index contributed by atoms with van der Waals surface area (Å²) >= 11 is 0. The normalized spacial score (nSPS) is 24.9. The van der Waals surface area contributed by atoms with Gasteiger partial charge in [-0.1, -0.05) is 19.4 Å². The van der Waals surface area contributed by atoms with Crippen LogP contribution in [0.1, 0.15) is 39.7 Å². The SMILES string of the molecule is CC[N+]1(S(=O)(=O)O)C2=C(C=C(C)C(C)(C)C2)c2ccc(S(=O)(=O)O)cc21. The first kappa shape index (κ1) is 19.2. The summed E-state index contributed by atoms with van der Waals surface area (Å²) in [6.45, 7) is 7.55. The van der Waals surface area contributed by atoms with Crippen molar-refractivity contribution in [3.8, 4) is 0 Å². The van der Waals surface area contributed by atoms with E-state index in [1.54, 1.807) is 6.92 Å². The fraction of sp³-hybridized carbons (Fsp3) is 0.412. The van der Waals surface area contributed by atoms with E-state index in [-0.39, 0.29) is 17.6 Å². The van der Waals surface area contributed by atoms with Gasteiger partial charge in [0.15, 0.2) is 5.69 Å². The molecule has 9 heteroatoms. The van der Waals surface area contributed by atoms with Crippen LogP contribution in [-0.2, 0) is 20.4 Å². The largest absolute Gasteiger partial charge is 0.442 e. The monoisotopic (exact) mass is 400 g/mol. The second-order valence-corrected chi connectivity index (χ2v) is 10.3. The van der Waals surface area contributed by atoms with E-state index in [0.717, 1.165) is 11.6 Å². The molecule has 0 bridgehead atoms. The second-order valence-electron chi connectivity index (χ2n) is 7.41. The topological polar surface area (TPSA) is 109 Å². The number of benzene rings is 1. The van der Waals surface area contributed by atoms with Crippen LogP contribution in [0.2, 0.25) is 0 Å². The molecular weight excluding hydrogens is 378 g/mol. The zero-order valence-corrected chi connectivity index (χ0v) is 16.6. The molecule has 142 valence electrons. The summed E-state index contributed by atoms with van der Waals surface area (Å²) in [5.74, 6) is 0. The highest BCUT2D eigenvalue weighted by molar-refractivity contribution is 7.86.